The summed E-state index contributed by atoms with van der Waals surface area (Å²) in [5.74, 6) is -0.604. The molecule has 0 saturated heterocycles. The maximum atomic E-state index is 11.9. The molecule has 0 radical (unpaired) electrons. The molecule has 0 bridgehead atoms. The molecule has 116 valence electrons. The highest BCUT2D eigenvalue weighted by molar-refractivity contribution is 6.43. The van der Waals surface area contributed by atoms with Crippen molar-refractivity contribution in [2.45, 2.75) is 0 Å². The first-order valence-corrected chi connectivity index (χ1v) is 6.92. The first-order valence-electron chi connectivity index (χ1n) is 5.79. The van der Waals surface area contributed by atoms with Crippen molar-refractivity contribution in [1.29, 1.82) is 0 Å². The van der Waals surface area contributed by atoms with Gasteiger partial charge < -0.3 is 5.11 Å². The van der Waals surface area contributed by atoms with Crippen molar-refractivity contribution in [2.24, 2.45) is 24.3 Å². The Morgan fingerprint density at radius 1 is 0.955 bits per heavy atom. The molecule has 0 aliphatic rings. The molecule has 0 unspecified atom stereocenters. The zero-order valence-electron chi connectivity index (χ0n) is 11.3. The van der Waals surface area contributed by atoms with Gasteiger partial charge in [-0.3, -0.25) is 13.9 Å². The second-order valence-corrected chi connectivity index (χ2v) is 5.52. The zero-order chi connectivity index (χ0) is 16.6. The number of benzene rings is 1. The minimum absolute atomic E-state index is 0.159. The molecule has 0 fully saturated rings. The minimum atomic E-state index is -0.791. The van der Waals surface area contributed by atoms with Crippen molar-refractivity contribution in [3.8, 4) is 5.88 Å². The lowest BCUT2D eigenvalue weighted by Gasteiger charge is -2.06. The Bertz CT molecular complexity index is 902. The van der Waals surface area contributed by atoms with Crippen LogP contribution in [-0.2, 0) is 14.1 Å². The molecule has 2 aromatic rings. The molecule has 7 nitrogen and oxygen atoms in total. The van der Waals surface area contributed by atoms with Crippen LogP contribution >= 0.6 is 34.8 Å². The van der Waals surface area contributed by atoms with Crippen LogP contribution in [-0.4, -0.2) is 14.2 Å². The van der Waals surface area contributed by atoms with Crippen molar-refractivity contribution in [3.05, 3.63) is 48.0 Å². The molecule has 1 N–H and O–H groups in total. The number of aromatic hydroxyl groups is 1. The number of azo groups is 1. The second kappa shape index (κ2) is 6.12. The first kappa shape index (κ1) is 16.5. The third kappa shape index (κ3) is 2.87. The highest BCUT2D eigenvalue weighted by Gasteiger charge is 2.15. The second-order valence-electron chi connectivity index (χ2n) is 4.30. The number of rotatable bonds is 2. The van der Waals surface area contributed by atoms with E-state index in [1.807, 2.05) is 0 Å². The molecule has 2 rings (SSSR count). The van der Waals surface area contributed by atoms with E-state index in [1.54, 1.807) is 0 Å². The topological polar surface area (TPSA) is 88.9 Å². The molecule has 0 aliphatic heterocycles. The van der Waals surface area contributed by atoms with Gasteiger partial charge in [0.05, 0.1) is 15.1 Å². The number of hydrogen-bond donors (Lipinski definition) is 1. The number of nitrogens with zero attached hydrogens (tertiary/aromatic N) is 4. The van der Waals surface area contributed by atoms with E-state index in [4.69, 9.17) is 34.8 Å². The van der Waals surface area contributed by atoms with E-state index in [-0.39, 0.29) is 20.8 Å². The molecule has 0 atom stereocenters. The van der Waals surface area contributed by atoms with Gasteiger partial charge in [0, 0.05) is 14.1 Å². The molecule has 0 saturated carbocycles. The average Bonchev–Trinajstić information content (AvgIpc) is 2.48. The Hall–Kier alpha value is -1.83. The average molecular weight is 364 g/mol. The largest absolute Gasteiger partial charge is 0.493 e. The van der Waals surface area contributed by atoms with Gasteiger partial charge in [0.25, 0.3) is 5.56 Å². The van der Waals surface area contributed by atoms with E-state index < -0.39 is 22.8 Å². The molecule has 0 aliphatic carbocycles. The molecule has 0 spiro atoms. The van der Waals surface area contributed by atoms with Crippen LogP contribution in [0, 0.1) is 0 Å². The predicted octanol–water partition coefficient (Wildman–Crippen LogP) is 3.17. The molecule has 10 heteroatoms. The Balaban J connectivity index is 2.59. The Kier molecular flexibility index (Phi) is 4.60. The van der Waals surface area contributed by atoms with E-state index in [2.05, 4.69) is 10.2 Å². The summed E-state index contributed by atoms with van der Waals surface area (Å²) in [6.07, 6.45) is 0. The van der Waals surface area contributed by atoms with Crippen LogP contribution in [0.3, 0.4) is 0 Å². The van der Waals surface area contributed by atoms with Gasteiger partial charge in [-0.15, -0.1) is 10.2 Å². The lowest BCUT2D eigenvalue weighted by atomic mass is 10.3. The summed E-state index contributed by atoms with van der Waals surface area (Å²) in [4.78, 5) is 23.6. The summed E-state index contributed by atoms with van der Waals surface area (Å²) in [7, 11) is 2.55. The van der Waals surface area contributed by atoms with Crippen LogP contribution in [0.4, 0.5) is 11.4 Å². The van der Waals surface area contributed by atoms with Crippen molar-refractivity contribution in [1.82, 2.24) is 9.13 Å². The van der Waals surface area contributed by atoms with Gasteiger partial charge in [0.15, 0.2) is 0 Å². The van der Waals surface area contributed by atoms with Crippen LogP contribution in [0.15, 0.2) is 32.0 Å². The molecule has 1 heterocycles. The van der Waals surface area contributed by atoms with Crippen LogP contribution in [0.1, 0.15) is 0 Å². The Morgan fingerprint density at radius 2 is 1.55 bits per heavy atom. The fraction of sp³-hybridized carbons (Fsp3) is 0.167. The third-order valence-electron chi connectivity index (χ3n) is 2.86. The molecule has 1 aromatic carbocycles. The smallest absolute Gasteiger partial charge is 0.333 e. The summed E-state index contributed by atoms with van der Waals surface area (Å²) < 4.78 is 1.66. The Morgan fingerprint density at radius 3 is 2.18 bits per heavy atom. The lowest BCUT2D eigenvalue weighted by molar-refractivity contribution is 0.413. The Labute approximate surface area is 139 Å². The first-order chi connectivity index (χ1) is 10.2. The highest BCUT2D eigenvalue weighted by atomic mass is 35.5. The molecule has 22 heavy (non-hydrogen) atoms. The van der Waals surface area contributed by atoms with Gasteiger partial charge in [-0.2, -0.15) is 0 Å². The van der Waals surface area contributed by atoms with E-state index in [0.29, 0.717) is 0 Å². The van der Waals surface area contributed by atoms with Gasteiger partial charge in [-0.25, -0.2) is 4.79 Å². The quantitative estimate of drug-likeness (QED) is 0.656. The van der Waals surface area contributed by atoms with Crippen molar-refractivity contribution < 1.29 is 5.11 Å². The summed E-state index contributed by atoms with van der Waals surface area (Å²) in [5, 5.41) is 17.9. The SMILES string of the molecule is Cn1c(O)c(N=Nc2cc(Cl)c(Cl)cc2Cl)c(=O)n(C)c1=O. The standard InChI is InChI=1S/C12H9Cl3N4O3/c1-18-10(20)9(11(21)19(2)12(18)22)17-16-8-4-6(14)5(13)3-7(8)15/h3-4,20H,1-2H3. The van der Waals surface area contributed by atoms with Crippen molar-refractivity contribution in [2.75, 3.05) is 0 Å². The van der Waals surface area contributed by atoms with E-state index in [0.717, 1.165) is 9.13 Å². The van der Waals surface area contributed by atoms with Crippen LogP contribution in [0.25, 0.3) is 0 Å². The van der Waals surface area contributed by atoms with E-state index in [1.165, 1.54) is 26.2 Å². The molecular weight excluding hydrogens is 355 g/mol. The zero-order valence-corrected chi connectivity index (χ0v) is 13.6. The fourth-order valence-corrected chi connectivity index (χ4v) is 2.17. The van der Waals surface area contributed by atoms with Gasteiger partial charge in [0.2, 0.25) is 11.6 Å². The summed E-state index contributed by atoms with van der Waals surface area (Å²) in [5.41, 5.74) is -1.72. The lowest BCUT2D eigenvalue weighted by Crippen LogP contribution is -2.36. The summed E-state index contributed by atoms with van der Waals surface area (Å²) >= 11 is 17.6. The van der Waals surface area contributed by atoms with E-state index >= 15 is 0 Å². The van der Waals surface area contributed by atoms with Crippen molar-refractivity contribution in [3.63, 3.8) is 0 Å². The van der Waals surface area contributed by atoms with Gasteiger partial charge >= 0.3 is 5.69 Å². The third-order valence-corrected chi connectivity index (χ3v) is 3.88. The van der Waals surface area contributed by atoms with Gasteiger partial charge in [0.1, 0.15) is 5.69 Å². The highest BCUT2D eigenvalue weighted by Crippen LogP contribution is 2.35. The van der Waals surface area contributed by atoms with Crippen LogP contribution in [0.5, 0.6) is 5.88 Å². The molecular formula is C12H9Cl3N4O3. The predicted molar refractivity (Wildman–Crippen MR) is 84.2 cm³/mol. The normalized spacial score (nSPS) is 11.3. The van der Waals surface area contributed by atoms with E-state index in [9.17, 15) is 14.7 Å². The summed E-state index contributed by atoms with van der Waals surface area (Å²) in [6.45, 7) is 0. The monoisotopic (exact) mass is 362 g/mol. The van der Waals surface area contributed by atoms with Crippen LogP contribution < -0.4 is 11.2 Å². The van der Waals surface area contributed by atoms with Crippen LogP contribution in [0.2, 0.25) is 15.1 Å². The van der Waals surface area contributed by atoms with Crippen molar-refractivity contribution >= 4 is 46.2 Å². The number of aromatic nitrogens is 2. The number of halogens is 3. The molecule has 0 amide bonds. The maximum Gasteiger partial charge on any atom is 0.333 e. The summed E-state index contributed by atoms with van der Waals surface area (Å²) in [6, 6.07) is 2.73. The minimum Gasteiger partial charge on any atom is -0.493 e. The fourth-order valence-electron chi connectivity index (χ4n) is 1.60. The molecule has 1 aromatic heterocycles. The maximum absolute atomic E-state index is 11.9. The van der Waals surface area contributed by atoms with Gasteiger partial charge in [-0.1, -0.05) is 34.8 Å². The van der Waals surface area contributed by atoms with Gasteiger partial charge in [-0.05, 0) is 12.1 Å². The number of hydrogen-bond acceptors (Lipinski definition) is 5.